The molecule has 2 fully saturated rings. The van der Waals surface area contributed by atoms with E-state index in [1.807, 2.05) is 6.92 Å². The molecule has 2 rings (SSSR count). The number of hydrogen-bond donors (Lipinski definition) is 2. The first-order valence-corrected chi connectivity index (χ1v) is 6.79. The van der Waals surface area contributed by atoms with Gasteiger partial charge in [0.2, 0.25) is 5.91 Å². The van der Waals surface area contributed by atoms with E-state index in [-0.39, 0.29) is 5.91 Å². The molecule has 0 aromatic rings. The Morgan fingerprint density at radius 2 is 2.12 bits per heavy atom. The van der Waals surface area contributed by atoms with Crippen molar-refractivity contribution in [2.24, 2.45) is 0 Å². The Morgan fingerprint density at radius 3 is 2.76 bits per heavy atom. The lowest BCUT2D eigenvalue weighted by molar-refractivity contribution is -0.124. The molecule has 1 saturated carbocycles. The van der Waals surface area contributed by atoms with E-state index < -0.39 is 5.60 Å². The predicted molar refractivity (Wildman–Crippen MR) is 66.7 cm³/mol. The van der Waals surface area contributed by atoms with Crippen molar-refractivity contribution in [2.45, 2.75) is 57.1 Å². The van der Waals surface area contributed by atoms with Gasteiger partial charge in [-0.2, -0.15) is 0 Å². The molecule has 2 aliphatic rings. The minimum absolute atomic E-state index is 0.120. The SMILES string of the molecule is CC1(O)CCCN(CC(=O)NC2CCCC2)C1. The van der Waals surface area contributed by atoms with Crippen molar-refractivity contribution in [3.8, 4) is 0 Å². The van der Waals surface area contributed by atoms with Gasteiger partial charge in [0, 0.05) is 12.6 Å². The van der Waals surface area contributed by atoms with E-state index >= 15 is 0 Å². The number of carbonyl (C=O) groups excluding carboxylic acids is 1. The fraction of sp³-hybridized carbons (Fsp3) is 0.923. The second-order valence-corrected chi connectivity index (χ2v) is 5.86. The molecule has 4 heteroatoms. The van der Waals surface area contributed by atoms with Gasteiger partial charge >= 0.3 is 0 Å². The van der Waals surface area contributed by atoms with Crippen LogP contribution in [0.1, 0.15) is 45.4 Å². The molecule has 2 N–H and O–H groups in total. The molecule has 17 heavy (non-hydrogen) atoms. The van der Waals surface area contributed by atoms with Gasteiger partial charge in [0.15, 0.2) is 0 Å². The van der Waals surface area contributed by atoms with Crippen molar-refractivity contribution >= 4 is 5.91 Å². The van der Waals surface area contributed by atoms with Gasteiger partial charge in [0.25, 0.3) is 0 Å². The summed E-state index contributed by atoms with van der Waals surface area (Å²) >= 11 is 0. The Morgan fingerprint density at radius 1 is 1.41 bits per heavy atom. The number of hydrogen-bond acceptors (Lipinski definition) is 3. The maximum absolute atomic E-state index is 11.8. The number of amides is 1. The van der Waals surface area contributed by atoms with Crippen molar-refractivity contribution in [1.29, 1.82) is 0 Å². The minimum atomic E-state index is -0.619. The van der Waals surface area contributed by atoms with Gasteiger partial charge in [-0.25, -0.2) is 0 Å². The topological polar surface area (TPSA) is 52.6 Å². The highest BCUT2D eigenvalue weighted by atomic mass is 16.3. The van der Waals surface area contributed by atoms with Gasteiger partial charge in [0.1, 0.15) is 0 Å². The van der Waals surface area contributed by atoms with Crippen LogP contribution < -0.4 is 5.32 Å². The first kappa shape index (κ1) is 12.8. The molecule has 1 aliphatic heterocycles. The Balaban J connectivity index is 1.74. The Kier molecular flexibility index (Phi) is 4.05. The molecule has 1 atom stereocenters. The van der Waals surface area contributed by atoms with E-state index in [0.29, 0.717) is 19.1 Å². The van der Waals surface area contributed by atoms with Crippen molar-refractivity contribution in [3.05, 3.63) is 0 Å². The Labute approximate surface area is 103 Å². The fourth-order valence-corrected chi connectivity index (χ4v) is 3.00. The van der Waals surface area contributed by atoms with E-state index in [1.54, 1.807) is 0 Å². The number of carbonyl (C=O) groups is 1. The van der Waals surface area contributed by atoms with Crippen LogP contribution in [0.2, 0.25) is 0 Å². The van der Waals surface area contributed by atoms with Gasteiger partial charge in [-0.1, -0.05) is 12.8 Å². The van der Waals surface area contributed by atoms with Crippen molar-refractivity contribution in [3.63, 3.8) is 0 Å². The minimum Gasteiger partial charge on any atom is -0.389 e. The summed E-state index contributed by atoms with van der Waals surface area (Å²) in [5.41, 5.74) is -0.619. The first-order chi connectivity index (χ1) is 8.05. The highest BCUT2D eigenvalue weighted by Crippen LogP contribution is 2.20. The van der Waals surface area contributed by atoms with E-state index in [9.17, 15) is 9.90 Å². The van der Waals surface area contributed by atoms with E-state index in [0.717, 1.165) is 32.2 Å². The molecule has 4 nitrogen and oxygen atoms in total. The van der Waals surface area contributed by atoms with Crippen LogP contribution in [0.4, 0.5) is 0 Å². The normalized spacial score (nSPS) is 31.6. The lowest BCUT2D eigenvalue weighted by Gasteiger charge is -2.36. The summed E-state index contributed by atoms with van der Waals surface area (Å²) in [5.74, 6) is 0.120. The van der Waals surface area contributed by atoms with Gasteiger partial charge < -0.3 is 10.4 Å². The molecule has 0 bridgehead atoms. The Bertz CT molecular complexity index is 273. The van der Waals surface area contributed by atoms with Crippen LogP contribution in [0.25, 0.3) is 0 Å². The van der Waals surface area contributed by atoms with Crippen molar-refractivity contribution in [2.75, 3.05) is 19.6 Å². The summed E-state index contributed by atoms with van der Waals surface area (Å²) in [5, 5.41) is 13.1. The van der Waals surface area contributed by atoms with Crippen molar-refractivity contribution in [1.82, 2.24) is 10.2 Å². The molecular formula is C13H24N2O2. The second kappa shape index (κ2) is 5.36. The highest BCUT2D eigenvalue weighted by Gasteiger charge is 2.29. The molecule has 1 amide bonds. The number of β-amino-alcohol motifs (C(OH)–C–C–N with tert-alkyl or cyclic N) is 1. The molecule has 0 aromatic carbocycles. The third-order valence-electron chi connectivity index (χ3n) is 3.84. The molecule has 1 saturated heterocycles. The maximum atomic E-state index is 11.8. The first-order valence-electron chi connectivity index (χ1n) is 6.79. The van der Waals surface area contributed by atoms with Crippen LogP contribution in [0.15, 0.2) is 0 Å². The largest absolute Gasteiger partial charge is 0.389 e. The van der Waals surface area contributed by atoms with E-state index in [1.165, 1.54) is 12.8 Å². The molecule has 0 aromatic heterocycles. The summed E-state index contributed by atoms with van der Waals surface area (Å²) in [6.07, 6.45) is 6.55. The lowest BCUT2D eigenvalue weighted by atomic mass is 9.95. The average Bonchev–Trinajstić information content (AvgIpc) is 2.68. The number of likely N-dealkylation sites (tertiary alicyclic amines) is 1. The highest BCUT2D eigenvalue weighted by molar-refractivity contribution is 5.78. The third kappa shape index (κ3) is 3.96. The zero-order valence-corrected chi connectivity index (χ0v) is 10.7. The molecule has 1 unspecified atom stereocenters. The monoisotopic (exact) mass is 240 g/mol. The molecule has 0 radical (unpaired) electrons. The van der Waals surface area contributed by atoms with Crippen LogP contribution in [0.3, 0.4) is 0 Å². The summed E-state index contributed by atoms with van der Waals surface area (Å²) in [6.45, 7) is 3.83. The predicted octanol–water partition coefficient (Wildman–Crippen LogP) is 0.892. The standard InChI is InChI=1S/C13H24N2O2/c1-13(17)7-4-8-15(10-13)9-12(16)14-11-5-2-3-6-11/h11,17H,2-10H2,1H3,(H,14,16). The van der Waals surface area contributed by atoms with Crippen LogP contribution in [-0.2, 0) is 4.79 Å². The number of rotatable bonds is 3. The quantitative estimate of drug-likeness (QED) is 0.770. The summed E-state index contributed by atoms with van der Waals surface area (Å²) in [7, 11) is 0. The maximum Gasteiger partial charge on any atom is 0.234 e. The average molecular weight is 240 g/mol. The molecule has 1 heterocycles. The van der Waals surface area contributed by atoms with Crippen LogP contribution in [0, 0.1) is 0 Å². The molecular weight excluding hydrogens is 216 g/mol. The lowest BCUT2D eigenvalue weighted by Crippen LogP contribution is -2.50. The van der Waals surface area contributed by atoms with Crippen LogP contribution >= 0.6 is 0 Å². The zero-order valence-electron chi connectivity index (χ0n) is 10.7. The van der Waals surface area contributed by atoms with Gasteiger partial charge in [-0.05, 0) is 39.2 Å². The number of piperidine rings is 1. The zero-order chi connectivity index (χ0) is 12.3. The van der Waals surface area contributed by atoms with Gasteiger partial charge in [0.05, 0.1) is 12.1 Å². The third-order valence-corrected chi connectivity index (χ3v) is 3.84. The second-order valence-electron chi connectivity index (χ2n) is 5.86. The number of aliphatic hydroxyl groups is 1. The molecule has 98 valence electrons. The molecule has 1 aliphatic carbocycles. The van der Waals surface area contributed by atoms with Crippen LogP contribution in [-0.4, -0.2) is 47.2 Å². The fourth-order valence-electron chi connectivity index (χ4n) is 3.00. The smallest absolute Gasteiger partial charge is 0.234 e. The number of nitrogens with one attached hydrogen (secondary N) is 1. The van der Waals surface area contributed by atoms with Crippen molar-refractivity contribution < 1.29 is 9.90 Å². The summed E-state index contributed by atoms with van der Waals surface area (Å²) < 4.78 is 0. The summed E-state index contributed by atoms with van der Waals surface area (Å²) in [4.78, 5) is 13.9. The number of nitrogens with zero attached hydrogens (tertiary/aromatic N) is 1. The molecule has 0 spiro atoms. The van der Waals surface area contributed by atoms with Gasteiger partial charge in [-0.15, -0.1) is 0 Å². The van der Waals surface area contributed by atoms with E-state index in [2.05, 4.69) is 10.2 Å². The summed E-state index contributed by atoms with van der Waals surface area (Å²) in [6, 6.07) is 0.396. The Hall–Kier alpha value is -0.610. The van der Waals surface area contributed by atoms with Gasteiger partial charge in [-0.3, -0.25) is 9.69 Å². The van der Waals surface area contributed by atoms with Crippen LogP contribution in [0.5, 0.6) is 0 Å². The van der Waals surface area contributed by atoms with E-state index in [4.69, 9.17) is 0 Å².